The molecule has 0 aliphatic carbocycles. The second-order valence-electron chi connectivity index (χ2n) is 9.37. The van der Waals surface area contributed by atoms with Crippen molar-refractivity contribution in [3.63, 3.8) is 0 Å². The summed E-state index contributed by atoms with van der Waals surface area (Å²) in [7, 11) is 0. The van der Waals surface area contributed by atoms with Crippen LogP contribution in [0.4, 0.5) is 20.2 Å². The fourth-order valence-corrected chi connectivity index (χ4v) is 4.25. The molecule has 0 bridgehead atoms. The van der Waals surface area contributed by atoms with Crippen LogP contribution in [0.3, 0.4) is 0 Å². The number of aryl methyl sites for hydroxylation is 2. The number of anilines is 2. The molecule has 3 rings (SSSR count). The number of hydrogen-bond donors (Lipinski definition) is 1. The number of nitrogens with one attached hydrogen (secondary N) is 1. The van der Waals surface area contributed by atoms with Gasteiger partial charge in [-0.25, -0.2) is 8.78 Å². The molecule has 0 aromatic heterocycles. The molecular weight excluding hydrogens is 406 g/mol. The van der Waals surface area contributed by atoms with Crippen molar-refractivity contribution in [1.82, 2.24) is 0 Å². The van der Waals surface area contributed by atoms with E-state index in [0.717, 1.165) is 46.6 Å². The zero-order chi connectivity index (χ0) is 22.2. The van der Waals surface area contributed by atoms with Crippen LogP contribution in [0, 0.1) is 30.9 Å². The van der Waals surface area contributed by atoms with Crippen LogP contribution in [0.5, 0.6) is 0 Å². The molecular formula is C24H29ClF2N2O. The minimum absolute atomic E-state index is 0.0429. The highest BCUT2D eigenvalue weighted by atomic mass is 35.5. The quantitative estimate of drug-likeness (QED) is 0.593. The Bertz CT molecular complexity index is 982. The van der Waals surface area contributed by atoms with Crippen LogP contribution in [-0.4, -0.2) is 12.5 Å². The van der Waals surface area contributed by atoms with Crippen LogP contribution in [0.2, 0.25) is 5.02 Å². The minimum atomic E-state index is -0.828. The Morgan fingerprint density at radius 3 is 2.40 bits per heavy atom. The molecule has 1 N–H and O–H groups in total. The van der Waals surface area contributed by atoms with Gasteiger partial charge in [-0.05, 0) is 72.6 Å². The van der Waals surface area contributed by atoms with Crippen LogP contribution in [0.15, 0.2) is 18.2 Å². The number of nitrogens with zero attached hydrogens (tertiary/aromatic N) is 1. The maximum Gasteiger partial charge on any atom is 0.224 e. The van der Waals surface area contributed by atoms with Gasteiger partial charge in [0.1, 0.15) is 0 Å². The summed E-state index contributed by atoms with van der Waals surface area (Å²) in [6, 6.07) is 4.56. The molecule has 0 spiro atoms. The first-order valence-corrected chi connectivity index (χ1v) is 10.7. The summed E-state index contributed by atoms with van der Waals surface area (Å²) < 4.78 is 27.4. The number of benzene rings is 2. The zero-order valence-electron chi connectivity index (χ0n) is 18.3. The lowest BCUT2D eigenvalue weighted by Gasteiger charge is -2.27. The van der Waals surface area contributed by atoms with E-state index in [-0.39, 0.29) is 11.3 Å². The normalized spacial score (nSPS) is 14.3. The second kappa shape index (κ2) is 8.54. The van der Waals surface area contributed by atoms with Crippen molar-refractivity contribution < 1.29 is 13.6 Å². The molecule has 0 unspecified atom stereocenters. The number of rotatable bonds is 3. The van der Waals surface area contributed by atoms with Gasteiger partial charge in [-0.1, -0.05) is 32.4 Å². The van der Waals surface area contributed by atoms with Gasteiger partial charge in [-0.2, -0.15) is 0 Å². The van der Waals surface area contributed by atoms with Crippen molar-refractivity contribution in [1.29, 1.82) is 0 Å². The molecule has 0 radical (unpaired) electrons. The van der Waals surface area contributed by atoms with Gasteiger partial charge in [0.2, 0.25) is 5.91 Å². The summed E-state index contributed by atoms with van der Waals surface area (Å²) in [5.41, 5.74) is 4.82. The molecule has 30 heavy (non-hydrogen) atoms. The summed E-state index contributed by atoms with van der Waals surface area (Å²) in [6.45, 7) is 11.1. The number of halogens is 3. The summed E-state index contributed by atoms with van der Waals surface area (Å²) in [4.78, 5) is 14.5. The molecule has 0 saturated heterocycles. The van der Waals surface area contributed by atoms with Crippen molar-refractivity contribution in [3.8, 4) is 0 Å². The molecule has 2 aromatic rings. The van der Waals surface area contributed by atoms with Crippen LogP contribution >= 0.6 is 11.6 Å². The third-order valence-corrected chi connectivity index (χ3v) is 5.93. The summed E-state index contributed by atoms with van der Waals surface area (Å²) in [5, 5.41) is 3.58. The van der Waals surface area contributed by atoms with Gasteiger partial charge in [0.05, 0.1) is 10.7 Å². The molecule has 1 heterocycles. The lowest BCUT2D eigenvalue weighted by molar-refractivity contribution is -0.117. The molecule has 162 valence electrons. The highest BCUT2D eigenvalue weighted by molar-refractivity contribution is 6.34. The average Bonchev–Trinajstić information content (AvgIpc) is 2.83. The van der Waals surface area contributed by atoms with Crippen molar-refractivity contribution in [2.24, 2.45) is 5.41 Å². The average molecular weight is 435 g/mol. The van der Waals surface area contributed by atoms with Gasteiger partial charge in [-0.3, -0.25) is 4.79 Å². The van der Waals surface area contributed by atoms with E-state index >= 15 is 0 Å². The molecule has 0 atom stereocenters. The molecule has 1 aliphatic heterocycles. The number of hydrogen-bond acceptors (Lipinski definition) is 2. The lowest BCUT2D eigenvalue weighted by Crippen LogP contribution is -2.24. The van der Waals surface area contributed by atoms with E-state index in [1.54, 1.807) is 0 Å². The number of amides is 1. The van der Waals surface area contributed by atoms with Gasteiger partial charge in [-0.15, -0.1) is 0 Å². The van der Waals surface area contributed by atoms with E-state index in [1.165, 1.54) is 12.1 Å². The lowest BCUT2D eigenvalue weighted by atomic mass is 9.92. The van der Waals surface area contributed by atoms with Crippen LogP contribution < -0.4 is 10.2 Å². The predicted octanol–water partition coefficient (Wildman–Crippen LogP) is 6.56. The molecule has 6 heteroatoms. The fraction of sp³-hybridized carbons (Fsp3) is 0.458. The second-order valence-corrected chi connectivity index (χ2v) is 9.75. The third kappa shape index (κ3) is 4.94. The standard InChI is InChI=1S/C24H29ClF2N2O/c1-14-9-20(22(25)15(2)23(14)28-21(30)12-24(3,4)5)29-8-6-7-16-10-18(26)19(27)11-17(16)13-29/h9-11H,6-8,12-13H2,1-5H3,(H,28,30). The Morgan fingerprint density at radius 2 is 1.77 bits per heavy atom. The van der Waals surface area contributed by atoms with E-state index in [0.29, 0.717) is 24.4 Å². The molecule has 0 saturated carbocycles. The highest BCUT2D eigenvalue weighted by Crippen LogP contribution is 2.38. The van der Waals surface area contributed by atoms with E-state index in [1.807, 2.05) is 40.7 Å². The topological polar surface area (TPSA) is 32.3 Å². The number of fused-ring (bicyclic) bond motifs is 1. The zero-order valence-corrected chi connectivity index (χ0v) is 19.0. The minimum Gasteiger partial charge on any atom is -0.366 e. The Labute approximate surface area is 182 Å². The number of carbonyl (C=O) groups is 1. The van der Waals surface area contributed by atoms with Gasteiger partial charge in [0.25, 0.3) is 0 Å². The van der Waals surface area contributed by atoms with Crippen molar-refractivity contribution in [2.75, 3.05) is 16.8 Å². The Balaban J connectivity index is 1.91. The summed E-state index contributed by atoms with van der Waals surface area (Å²) in [6.07, 6.45) is 1.92. The van der Waals surface area contributed by atoms with Crippen LogP contribution in [0.25, 0.3) is 0 Å². The monoisotopic (exact) mass is 434 g/mol. The van der Waals surface area contributed by atoms with E-state index in [4.69, 9.17) is 11.6 Å². The third-order valence-electron chi connectivity index (χ3n) is 5.45. The maximum absolute atomic E-state index is 13.8. The van der Waals surface area contributed by atoms with E-state index in [9.17, 15) is 13.6 Å². The number of carbonyl (C=O) groups excluding carboxylic acids is 1. The Hall–Kier alpha value is -2.14. The molecule has 0 fully saturated rings. The van der Waals surface area contributed by atoms with Crippen LogP contribution in [-0.2, 0) is 17.8 Å². The maximum atomic E-state index is 13.8. The molecule has 1 aliphatic rings. The molecule has 2 aromatic carbocycles. The molecule has 3 nitrogen and oxygen atoms in total. The summed E-state index contributed by atoms with van der Waals surface area (Å²) in [5.74, 6) is -1.67. The fourth-order valence-electron chi connectivity index (χ4n) is 3.99. The summed E-state index contributed by atoms with van der Waals surface area (Å²) >= 11 is 6.73. The van der Waals surface area contributed by atoms with E-state index in [2.05, 4.69) is 10.2 Å². The SMILES string of the molecule is Cc1cc(N2CCCc3cc(F)c(F)cc3C2)c(Cl)c(C)c1NC(=O)CC(C)(C)C. The van der Waals surface area contributed by atoms with Gasteiger partial charge >= 0.3 is 0 Å². The van der Waals surface area contributed by atoms with Crippen molar-refractivity contribution >= 4 is 28.9 Å². The Morgan fingerprint density at radius 1 is 1.13 bits per heavy atom. The van der Waals surface area contributed by atoms with Gasteiger partial charge in [0, 0.05) is 25.2 Å². The van der Waals surface area contributed by atoms with Crippen molar-refractivity contribution in [3.05, 3.63) is 57.1 Å². The van der Waals surface area contributed by atoms with Crippen LogP contribution in [0.1, 0.15) is 55.9 Å². The first-order chi connectivity index (χ1) is 14.0. The Kier molecular flexibility index (Phi) is 6.42. The highest BCUT2D eigenvalue weighted by Gasteiger charge is 2.23. The predicted molar refractivity (Wildman–Crippen MR) is 119 cm³/mol. The van der Waals surface area contributed by atoms with Crippen molar-refractivity contribution in [2.45, 2.75) is 60.4 Å². The first-order valence-electron chi connectivity index (χ1n) is 10.3. The van der Waals surface area contributed by atoms with E-state index < -0.39 is 11.6 Å². The molecule has 1 amide bonds. The largest absolute Gasteiger partial charge is 0.366 e. The smallest absolute Gasteiger partial charge is 0.224 e. The first kappa shape index (κ1) is 22.5. The van der Waals surface area contributed by atoms with Gasteiger partial charge in [0.15, 0.2) is 11.6 Å². The van der Waals surface area contributed by atoms with Gasteiger partial charge < -0.3 is 10.2 Å².